The number of benzene rings is 1. The molecule has 0 amide bonds. The van der Waals surface area contributed by atoms with E-state index in [-0.39, 0.29) is 5.82 Å². The summed E-state index contributed by atoms with van der Waals surface area (Å²) in [6.45, 7) is 0.643. The van der Waals surface area contributed by atoms with Gasteiger partial charge in [-0.05, 0) is 48.7 Å². The zero-order valence-corrected chi connectivity index (χ0v) is 14.6. The summed E-state index contributed by atoms with van der Waals surface area (Å²) in [5.74, 6) is 1.74. The number of fused-ring (bicyclic) bond motifs is 1. The summed E-state index contributed by atoms with van der Waals surface area (Å²) in [5.41, 5.74) is 0.749. The summed E-state index contributed by atoms with van der Waals surface area (Å²) < 4.78 is 14.9. The van der Waals surface area contributed by atoms with Crippen LogP contribution in [-0.4, -0.2) is 40.0 Å². The standard InChI is InChI=1S/C16H15FN8S/c17-12-7-5-10(6-8-12)14-18-23-24(22-14)9-1-2-13-21-25-15(11-3-4-11)19-20-16(25)26-13/h5-8,11H,1-4,9H2. The first kappa shape index (κ1) is 15.5. The maximum Gasteiger partial charge on any atom is 0.234 e. The van der Waals surface area contributed by atoms with Crippen LogP contribution in [0.2, 0.25) is 0 Å². The lowest BCUT2D eigenvalue weighted by Crippen LogP contribution is -2.04. The van der Waals surface area contributed by atoms with Gasteiger partial charge in [0, 0.05) is 17.9 Å². The van der Waals surface area contributed by atoms with E-state index in [0.29, 0.717) is 18.3 Å². The third-order valence-electron chi connectivity index (χ3n) is 4.30. The van der Waals surface area contributed by atoms with Gasteiger partial charge in [-0.15, -0.1) is 20.4 Å². The van der Waals surface area contributed by atoms with Crippen LogP contribution in [0.4, 0.5) is 4.39 Å². The lowest BCUT2D eigenvalue weighted by atomic mass is 10.2. The summed E-state index contributed by atoms with van der Waals surface area (Å²) in [5, 5.41) is 26.6. The highest BCUT2D eigenvalue weighted by molar-refractivity contribution is 7.16. The first-order chi connectivity index (χ1) is 12.8. The van der Waals surface area contributed by atoms with Crippen molar-refractivity contribution in [2.24, 2.45) is 0 Å². The van der Waals surface area contributed by atoms with Crippen molar-refractivity contribution in [3.8, 4) is 11.4 Å². The third-order valence-corrected chi connectivity index (χ3v) is 5.26. The topological polar surface area (TPSA) is 86.7 Å². The Bertz CT molecular complexity index is 1050. The van der Waals surface area contributed by atoms with Crippen LogP contribution in [0.5, 0.6) is 0 Å². The third kappa shape index (κ3) is 2.96. The molecule has 5 rings (SSSR count). The second-order valence-corrected chi connectivity index (χ2v) is 7.38. The summed E-state index contributed by atoms with van der Waals surface area (Å²) >= 11 is 1.58. The van der Waals surface area contributed by atoms with E-state index in [1.54, 1.807) is 28.3 Å². The Morgan fingerprint density at radius 2 is 1.92 bits per heavy atom. The molecule has 0 spiro atoms. The van der Waals surface area contributed by atoms with Gasteiger partial charge in [0.05, 0.1) is 6.54 Å². The molecule has 0 saturated heterocycles. The molecule has 4 aromatic rings. The number of hydrogen-bond acceptors (Lipinski definition) is 7. The van der Waals surface area contributed by atoms with Crippen molar-refractivity contribution in [2.45, 2.75) is 38.1 Å². The van der Waals surface area contributed by atoms with E-state index in [4.69, 9.17) is 0 Å². The minimum Gasteiger partial charge on any atom is -0.207 e. The van der Waals surface area contributed by atoms with Crippen LogP contribution in [-0.2, 0) is 13.0 Å². The van der Waals surface area contributed by atoms with Gasteiger partial charge in [-0.3, -0.25) is 0 Å². The molecular formula is C16H15FN8S. The molecule has 1 aliphatic carbocycles. The summed E-state index contributed by atoms with van der Waals surface area (Å²) in [6.07, 6.45) is 4.04. The number of aryl methyl sites for hydroxylation is 2. The van der Waals surface area contributed by atoms with Gasteiger partial charge >= 0.3 is 0 Å². The number of aromatic nitrogens is 8. The number of rotatable bonds is 6. The maximum absolute atomic E-state index is 13.0. The Morgan fingerprint density at radius 1 is 1.08 bits per heavy atom. The highest BCUT2D eigenvalue weighted by Crippen LogP contribution is 2.39. The molecule has 1 fully saturated rings. The Balaban J connectivity index is 1.22. The van der Waals surface area contributed by atoms with Crippen LogP contribution in [0.1, 0.15) is 36.0 Å². The maximum atomic E-state index is 13.0. The molecule has 3 aromatic heterocycles. The highest BCUT2D eigenvalue weighted by atomic mass is 32.1. The average Bonchev–Trinajstić information content (AvgIpc) is 3.05. The predicted molar refractivity (Wildman–Crippen MR) is 92.2 cm³/mol. The molecule has 1 aliphatic rings. The average molecular weight is 370 g/mol. The minimum absolute atomic E-state index is 0.282. The lowest BCUT2D eigenvalue weighted by Gasteiger charge is -1.97. The fraction of sp³-hybridized carbons (Fsp3) is 0.375. The number of hydrogen-bond donors (Lipinski definition) is 0. The van der Waals surface area contributed by atoms with E-state index in [1.807, 2.05) is 4.52 Å². The van der Waals surface area contributed by atoms with E-state index >= 15 is 0 Å². The quantitative estimate of drug-likeness (QED) is 0.518. The molecule has 0 bridgehead atoms. The molecule has 0 unspecified atom stereocenters. The molecule has 8 nitrogen and oxygen atoms in total. The van der Waals surface area contributed by atoms with Crippen LogP contribution in [0.15, 0.2) is 24.3 Å². The first-order valence-electron chi connectivity index (χ1n) is 8.51. The van der Waals surface area contributed by atoms with Crippen molar-refractivity contribution in [2.75, 3.05) is 0 Å². The SMILES string of the molecule is Fc1ccc(-c2nnn(CCCc3nn4c(C5CC5)nnc4s3)n2)cc1. The second-order valence-electron chi connectivity index (χ2n) is 6.34. The molecule has 0 N–H and O–H groups in total. The fourth-order valence-electron chi connectivity index (χ4n) is 2.79. The molecule has 26 heavy (non-hydrogen) atoms. The van der Waals surface area contributed by atoms with Gasteiger partial charge < -0.3 is 0 Å². The summed E-state index contributed by atoms with van der Waals surface area (Å²) in [6, 6.07) is 6.07. The lowest BCUT2D eigenvalue weighted by molar-refractivity contribution is 0.499. The summed E-state index contributed by atoms with van der Waals surface area (Å²) in [4.78, 5) is 2.42. The van der Waals surface area contributed by atoms with Crippen molar-refractivity contribution in [3.05, 3.63) is 40.9 Å². The van der Waals surface area contributed by atoms with Crippen molar-refractivity contribution >= 4 is 16.3 Å². The van der Waals surface area contributed by atoms with Crippen LogP contribution in [0.25, 0.3) is 16.3 Å². The molecule has 1 saturated carbocycles. The molecule has 3 heterocycles. The molecule has 0 radical (unpaired) electrons. The van der Waals surface area contributed by atoms with Gasteiger partial charge in [-0.1, -0.05) is 11.3 Å². The van der Waals surface area contributed by atoms with Crippen molar-refractivity contribution in [1.82, 2.24) is 40.0 Å². The van der Waals surface area contributed by atoms with Gasteiger partial charge in [0.15, 0.2) is 5.82 Å². The Kier molecular flexibility index (Phi) is 3.70. The van der Waals surface area contributed by atoms with Gasteiger partial charge in [0.25, 0.3) is 0 Å². The van der Waals surface area contributed by atoms with Crippen molar-refractivity contribution < 1.29 is 4.39 Å². The van der Waals surface area contributed by atoms with Crippen LogP contribution >= 0.6 is 11.3 Å². The molecule has 0 aliphatic heterocycles. The van der Waals surface area contributed by atoms with E-state index in [2.05, 4.69) is 30.7 Å². The van der Waals surface area contributed by atoms with Crippen LogP contribution < -0.4 is 0 Å². The highest BCUT2D eigenvalue weighted by Gasteiger charge is 2.29. The van der Waals surface area contributed by atoms with Crippen LogP contribution in [0.3, 0.4) is 0 Å². The number of tetrazole rings is 1. The number of nitrogens with zero attached hydrogens (tertiary/aromatic N) is 8. The normalized spacial score (nSPS) is 14.3. The van der Waals surface area contributed by atoms with E-state index in [0.717, 1.165) is 34.2 Å². The Morgan fingerprint density at radius 3 is 2.73 bits per heavy atom. The first-order valence-corrected chi connectivity index (χ1v) is 9.33. The largest absolute Gasteiger partial charge is 0.234 e. The van der Waals surface area contributed by atoms with Crippen molar-refractivity contribution in [1.29, 1.82) is 0 Å². The molecule has 0 atom stereocenters. The monoisotopic (exact) mass is 370 g/mol. The van der Waals surface area contributed by atoms with Crippen molar-refractivity contribution in [3.63, 3.8) is 0 Å². The predicted octanol–water partition coefficient (Wildman–Crippen LogP) is 2.49. The van der Waals surface area contributed by atoms with Gasteiger partial charge in [0.2, 0.25) is 10.8 Å². The Labute approximate surface area is 151 Å². The molecule has 10 heteroatoms. The van der Waals surface area contributed by atoms with Crippen LogP contribution in [0, 0.1) is 5.82 Å². The van der Waals surface area contributed by atoms with E-state index in [9.17, 15) is 4.39 Å². The zero-order chi connectivity index (χ0) is 17.5. The van der Waals surface area contributed by atoms with E-state index in [1.165, 1.54) is 25.0 Å². The van der Waals surface area contributed by atoms with Gasteiger partial charge in [-0.2, -0.15) is 14.4 Å². The summed E-state index contributed by atoms with van der Waals surface area (Å²) in [7, 11) is 0. The minimum atomic E-state index is -0.282. The number of halogens is 1. The molecule has 1 aromatic carbocycles. The zero-order valence-electron chi connectivity index (χ0n) is 13.8. The smallest absolute Gasteiger partial charge is 0.207 e. The molecule has 132 valence electrons. The second kappa shape index (κ2) is 6.20. The fourth-order valence-corrected chi connectivity index (χ4v) is 3.68. The van der Waals surface area contributed by atoms with E-state index < -0.39 is 0 Å². The molecular weight excluding hydrogens is 355 g/mol. The van der Waals surface area contributed by atoms with Gasteiger partial charge in [0.1, 0.15) is 10.8 Å². The Hall–Kier alpha value is -2.75. The van der Waals surface area contributed by atoms with Gasteiger partial charge in [-0.25, -0.2) is 4.39 Å².